The van der Waals surface area contributed by atoms with Crippen LogP contribution in [0.15, 0.2) is 16.5 Å². The number of carbonyl (C=O) groups is 1. The largest absolute Gasteiger partial charge is 0.456 e. The van der Waals surface area contributed by atoms with E-state index in [1.807, 2.05) is 6.92 Å². The molecule has 0 bridgehead atoms. The van der Waals surface area contributed by atoms with Crippen LogP contribution < -0.4 is 5.32 Å². The number of aryl methyl sites for hydroxylation is 1. The van der Waals surface area contributed by atoms with Gasteiger partial charge in [-0.05, 0) is 45.0 Å². The smallest absolute Gasteiger partial charge is 0.287 e. The van der Waals surface area contributed by atoms with Crippen LogP contribution in [0.5, 0.6) is 0 Å². The van der Waals surface area contributed by atoms with Crippen LogP contribution in [-0.2, 0) is 0 Å². The number of furan rings is 1. The van der Waals surface area contributed by atoms with Crippen LogP contribution in [0, 0.1) is 6.92 Å². The Kier molecular flexibility index (Phi) is 4.20. The van der Waals surface area contributed by atoms with Gasteiger partial charge in [-0.1, -0.05) is 6.42 Å². The van der Waals surface area contributed by atoms with Gasteiger partial charge in [0.25, 0.3) is 5.91 Å². The van der Waals surface area contributed by atoms with E-state index >= 15 is 0 Å². The summed E-state index contributed by atoms with van der Waals surface area (Å²) in [5.41, 5.74) is 0. The third-order valence-electron chi connectivity index (χ3n) is 3.13. The topological polar surface area (TPSA) is 45.5 Å². The van der Waals surface area contributed by atoms with Crippen molar-refractivity contribution in [1.29, 1.82) is 0 Å². The summed E-state index contributed by atoms with van der Waals surface area (Å²) in [5.74, 6) is 1.06. The van der Waals surface area contributed by atoms with Crippen molar-refractivity contribution < 1.29 is 9.21 Å². The maximum atomic E-state index is 11.7. The summed E-state index contributed by atoms with van der Waals surface area (Å²) < 4.78 is 5.26. The van der Waals surface area contributed by atoms with Crippen LogP contribution in [0.3, 0.4) is 0 Å². The highest BCUT2D eigenvalue weighted by molar-refractivity contribution is 5.91. The van der Waals surface area contributed by atoms with E-state index in [1.165, 1.54) is 19.3 Å². The van der Waals surface area contributed by atoms with Crippen molar-refractivity contribution in [3.05, 3.63) is 23.7 Å². The minimum atomic E-state index is -0.116. The number of hydrogen-bond donors (Lipinski definition) is 1. The average Bonchev–Trinajstić information content (AvgIpc) is 2.77. The van der Waals surface area contributed by atoms with Gasteiger partial charge in [0.1, 0.15) is 5.76 Å². The summed E-state index contributed by atoms with van der Waals surface area (Å²) >= 11 is 0. The van der Waals surface area contributed by atoms with Crippen molar-refractivity contribution in [1.82, 2.24) is 10.2 Å². The van der Waals surface area contributed by atoms with E-state index in [0.29, 0.717) is 12.3 Å². The molecule has 4 heteroatoms. The summed E-state index contributed by atoms with van der Waals surface area (Å²) in [6.45, 7) is 5.79. The average molecular weight is 236 g/mol. The minimum Gasteiger partial charge on any atom is -0.456 e. The van der Waals surface area contributed by atoms with E-state index in [0.717, 1.165) is 25.4 Å². The Bertz CT molecular complexity index is 367. The lowest BCUT2D eigenvalue weighted by atomic mass is 10.1. The van der Waals surface area contributed by atoms with E-state index < -0.39 is 0 Å². The zero-order valence-electron chi connectivity index (χ0n) is 10.4. The van der Waals surface area contributed by atoms with Crippen molar-refractivity contribution in [2.45, 2.75) is 26.2 Å². The van der Waals surface area contributed by atoms with Crippen LogP contribution in [-0.4, -0.2) is 37.0 Å². The van der Waals surface area contributed by atoms with Crippen molar-refractivity contribution in [2.24, 2.45) is 0 Å². The molecule has 2 rings (SSSR count). The van der Waals surface area contributed by atoms with Crippen LogP contribution in [0.1, 0.15) is 35.6 Å². The minimum absolute atomic E-state index is 0.116. The molecule has 1 aromatic heterocycles. The Morgan fingerprint density at radius 1 is 1.35 bits per heavy atom. The van der Waals surface area contributed by atoms with E-state index in [2.05, 4.69) is 10.2 Å². The zero-order chi connectivity index (χ0) is 12.1. The monoisotopic (exact) mass is 236 g/mol. The van der Waals surface area contributed by atoms with E-state index in [-0.39, 0.29) is 5.91 Å². The summed E-state index contributed by atoms with van der Waals surface area (Å²) in [6, 6.07) is 3.52. The molecule has 2 heterocycles. The number of carbonyl (C=O) groups excluding carboxylic acids is 1. The second-order valence-corrected chi connectivity index (χ2v) is 4.57. The van der Waals surface area contributed by atoms with Gasteiger partial charge in [0, 0.05) is 13.1 Å². The number of likely N-dealkylation sites (tertiary alicyclic amines) is 1. The van der Waals surface area contributed by atoms with Gasteiger partial charge in [-0.3, -0.25) is 4.79 Å². The van der Waals surface area contributed by atoms with Gasteiger partial charge in [-0.2, -0.15) is 0 Å². The SMILES string of the molecule is Cc1ccc(C(=O)NCCN2CCCCC2)o1. The van der Waals surface area contributed by atoms with Gasteiger partial charge in [0.15, 0.2) is 5.76 Å². The maximum Gasteiger partial charge on any atom is 0.287 e. The molecule has 1 aliphatic rings. The van der Waals surface area contributed by atoms with Crippen LogP contribution in [0.2, 0.25) is 0 Å². The molecule has 1 amide bonds. The first-order valence-corrected chi connectivity index (χ1v) is 6.33. The van der Waals surface area contributed by atoms with Gasteiger partial charge in [0.2, 0.25) is 0 Å². The number of nitrogens with zero attached hydrogens (tertiary/aromatic N) is 1. The Balaban J connectivity index is 1.69. The molecule has 1 fully saturated rings. The third-order valence-corrected chi connectivity index (χ3v) is 3.13. The number of rotatable bonds is 4. The van der Waals surface area contributed by atoms with Crippen molar-refractivity contribution in [2.75, 3.05) is 26.2 Å². The molecule has 4 nitrogen and oxygen atoms in total. The number of hydrogen-bond acceptors (Lipinski definition) is 3. The number of amides is 1. The second-order valence-electron chi connectivity index (χ2n) is 4.57. The molecule has 0 atom stereocenters. The summed E-state index contributed by atoms with van der Waals surface area (Å²) in [4.78, 5) is 14.1. The highest BCUT2D eigenvalue weighted by Gasteiger charge is 2.12. The van der Waals surface area contributed by atoms with Crippen LogP contribution >= 0.6 is 0 Å². The van der Waals surface area contributed by atoms with Gasteiger partial charge in [-0.15, -0.1) is 0 Å². The Labute approximate surface area is 102 Å². The fraction of sp³-hybridized carbons (Fsp3) is 0.615. The molecule has 0 spiro atoms. The lowest BCUT2D eigenvalue weighted by Crippen LogP contribution is -2.37. The Morgan fingerprint density at radius 3 is 2.76 bits per heavy atom. The lowest BCUT2D eigenvalue weighted by molar-refractivity contribution is 0.0917. The van der Waals surface area contributed by atoms with E-state index in [4.69, 9.17) is 4.42 Å². The summed E-state index contributed by atoms with van der Waals surface area (Å²) in [7, 11) is 0. The van der Waals surface area contributed by atoms with Crippen molar-refractivity contribution >= 4 is 5.91 Å². The normalized spacial score (nSPS) is 17.0. The van der Waals surface area contributed by atoms with Crippen molar-refractivity contribution in [3.63, 3.8) is 0 Å². The van der Waals surface area contributed by atoms with Crippen LogP contribution in [0.4, 0.5) is 0 Å². The molecule has 0 unspecified atom stereocenters. The standard InChI is InChI=1S/C13H20N2O2/c1-11-5-6-12(17-11)13(16)14-7-10-15-8-3-2-4-9-15/h5-6H,2-4,7-10H2,1H3,(H,14,16). The van der Waals surface area contributed by atoms with E-state index in [1.54, 1.807) is 12.1 Å². The molecule has 0 aromatic carbocycles. The number of nitrogens with one attached hydrogen (secondary N) is 1. The zero-order valence-corrected chi connectivity index (χ0v) is 10.4. The van der Waals surface area contributed by atoms with Gasteiger partial charge in [0.05, 0.1) is 0 Å². The van der Waals surface area contributed by atoms with Crippen LogP contribution in [0.25, 0.3) is 0 Å². The molecule has 0 saturated carbocycles. The van der Waals surface area contributed by atoms with Gasteiger partial charge >= 0.3 is 0 Å². The van der Waals surface area contributed by atoms with Gasteiger partial charge in [-0.25, -0.2) is 0 Å². The molecule has 17 heavy (non-hydrogen) atoms. The predicted octanol–water partition coefficient (Wildman–Crippen LogP) is 1.80. The first-order valence-electron chi connectivity index (χ1n) is 6.33. The lowest BCUT2D eigenvalue weighted by Gasteiger charge is -2.26. The second kappa shape index (κ2) is 5.87. The Hall–Kier alpha value is -1.29. The molecule has 0 radical (unpaired) electrons. The molecule has 1 N–H and O–H groups in total. The molecule has 1 saturated heterocycles. The van der Waals surface area contributed by atoms with Gasteiger partial charge < -0.3 is 14.6 Å². The van der Waals surface area contributed by atoms with E-state index in [9.17, 15) is 4.79 Å². The fourth-order valence-corrected chi connectivity index (χ4v) is 2.15. The third kappa shape index (κ3) is 3.60. The summed E-state index contributed by atoms with van der Waals surface area (Å²) in [6.07, 6.45) is 3.91. The molecular formula is C13H20N2O2. The first kappa shape index (κ1) is 12.2. The molecular weight excluding hydrogens is 216 g/mol. The molecule has 0 aliphatic carbocycles. The highest BCUT2D eigenvalue weighted by atomic mass is 16.3. The molecule has 1 aliphatic heterocycles. The summed E-state index contributed by atoms with van der Waals surface area (Å²) in [5, 5.41) is 2.89. The quantitative estimate of drug-likeness (QED) is 0.867. The molecule has 94 valence electrons. The Morgan fingerprint density at radius 2 is 2.12 bits per heavy atom. The fourth-order valence-electron chi connectivity index (χ4n) is 2.15. The number of piperidine rings is 1. The maximum absolute atomic E-state index is 11.7. The highest BCUT2D eigenvalue weighted by Crippen LogP contribution is 2.08. The first-order chi connectivity index (χ1) is 8.25. The predicted molar refractivity (Wildman–Crippen MR) is 66.1 cm³/mol. The van der Waals surface area contributed by atoms with Crippen molar-refractivity contribution in [3.8, 4) is 0 Å². The molecule has 1 aromatic rings.